The van der Waals surface area contributed by atoms with Crippen molar-refractivity contribution in [2.24, 2.45) is 15.6 Å². The van der Waals surface area contributed by atoms with Gasteiger partial charge in [-0.25, -0.2) is 0 Å². The van der Waals surface area contributed by atoms with Crippen LogP contribution in [0.5, 0.6) is 0 Å². The molecule has 0 atom stereocenters. The van der Waals surface area contributed by atoms with Crippen LogP contribution in [-0.2, 0) is 9.59 Å². The molecule has 6 nitrogen and oxygen atoms in total. The van der Waals surface area contributed by atoms with Gasteiger partial charge in [-0.15, -0.1) is 0 Å². The van der Waals surface area contributed by atoms with Gasteiger partial charge in [0, 0.05) is 22.4 Å². The lowest BCUT2D eigenvalue weighted by Crippen LogP contribution is -2.27. The van der Waals surface area contributed by atoms with E-state index in [4.69, 9.17) is 0 Å². The maximum atomic E-state index is 12.0. The van der Waals surface area contributed by atoms with Crippen LogP contribution in [-0.4, -0.2) is 11.8 Å². The van der Waals surface area contributed by atoms with Crippen LogP contribution in [0.25, 0.3) is 0 Å². The highest BCUT2D eigenvalue weighted by Gasteiger charge is 2.20. The fourth-order valence-electron chi connectivity index (χ4n) is 1.89. The lowest BCUT2D eigenvalue weighted by Gasteiger charge is -2.17. The zero-order valence-corrected chi connectivity index (χ0v) is 16.0. The summed E-state index contributed by atoms with van der Waals surface area (Å²) in [4.78, 5) is 23.6. The Hall–Kier alpha value is -3.28. The first-order chi connectivity index (χ1) is 12.6. The lowest BCUT2D eigenvalue weighted by molar-refractivity contribution is -0.123. The second-order valence-corrected chi connectivity index (χ2v) is 7.23. The molecule has 0 saturated heterocycles. The van der Waals surface area contributed by atoms with E-state index in [1.807, 2.05) is 20.8 Å². The van der Waals surface area contributed by atoms with Gasteiger partial charge in [0.2, 0.25) is 5.91 Å². The second kappa shape index (κ2) is 8.40. The molecule has 0 fully saturated rings. The van der Waals surface area contributed by atoms with Gasteiger partial charge in [-0.3, -0.25) is 9.59 Å². The topological polar surface area (TPSA) is 82.9 Å². The van der Waals surface area contributed by atoms with Crippen molar-refractivity contribution in [2.45, 2.75) is 27.7 Å². The van der Waals surface area contributed by atoms with Crippen LogP contribution < -0.4 is 10.6 Å². The zero-order chi connectivity index (χ0) is 20.0. The molecule has 2 amide bonds. The molecular formula is C21H24N4O2. The summed E-state index contributed by atoms with van der Waals surface area (Å²) in [5.74, 6) is -0.265. The molecule has 2 aromatic rings. The quantitative estimate of drug-likeness (QED) is 0.534. The summed E-state index contributed by atoms with van der Waals surface area (Å²) in [6.07, 6.45) is 0. The van der Waals surface area contributed by atoms with E-state index in [-0.39, 0.29) is 11.8 Å². The van der Waals surface area contributed by atoms with Gasteiger partial charge in [0.25, 0.3) is 5.91 Å². The number of carbonyl (C=O) groups is 2. The fourth-order valence-corrected chi connectivity index (χ4v) is 1.89. The van der Waals surface area contributed by atoms with E-state index in [1.54, 1.807) is 55.5 Å². The molecule has 27 heavy (non-hydrogen) atoms. The number of anilines is 2. The average molecular weight is 364 g/mol. The molecule has 0 radical (unpaired) electrons. The number of hydrogen-bond donors (Lipinski definition) is 2. The van der Waals surface area contributed by atoms with Crippen LogP contribution in [0.2, 0.25) is 0 Å². The predicted molar refractivity (Wildman–Crippen MR) is 109 cm³/mol. The van der Waals surface area contributed by atoms with Gasteiger partial charge in [-0.2, -0.15) is 10.2 Å². The minimum atomic E-state index is -0.450. The van der Waals surface area contributed by atoms with Crippen molar-refractivity contribution >= 4 is 34.6 Å². The third kappa shape index (κ3) is 6.18. The Morgan fingerprint density at radius 3 is 1.59 bits per heavy atom. The molecular weight excluding hydrogens is 340 g/mol. The first-order valence-electron chi connectivity index (χ1n) is 8.55. The average Bonchev–Trinajstić information content (AvgIpc) is 2.61. The molecule has 0 aliphatic rings. The van der Waals surface area contributed by atoms with Crippen LogP contribution in [0.3, 0.4) is 0 Å². The molecule has 0 spiro atoms. The lowest BCUT2D eigenvalue weighted by atomic mass is 9.95. The standard InChI is InChI=1S/C21H24N4O2/c1-14(2)19(26)22-15-6-10-17(11-7-15)24-25-18-12-8-16(9-13-18)23-20(27)21(3,4)5/h6-13H,1H2,2-5H3,(H,22,26)(H,23,27)/b25-24+. The van der Waals surface area contributed by atoms with Crippen LogP contribution in [0.15, 0.2) is 70.9 Å². The van der Waals surface area contributed by atoms with Gasteiger partial charge in [-0.05, 0) is 55.5 Å². The molecule has 2 aromatic carbocycles. The highest BCUT2D eigenvalue weighted by Crippen LogP contribution is 2.23. The summed E-state index contributed by atoms with van der Waals surface area (Å²) in [5.41, 5.74) is 2.71. The van der Waals surface area contributed by atoms with Gasteiger partial charge in [0.05, 0.1) is 11.4 Å². The summed E-state index contributed by atoms with van der Waals surface area (Å²) >= 11 is 0. The van der Waals surface area contributed by atoms with E-state index in [9.17, 15) is 9.59 Å². The van der Waals surface area contributed by atoms with Crippen molar-refractivity contribution in [1.82, 2.24) is 0 Å². The third-order valence-corrected chi connectivity index (χ3v) is 3.60. The smallest absolute Gasteiger partial charge is 0.250 e. The number of carbonyl (C=O) groups excluding carboxylic acids is 2. The largest absolute Gasteiger partial charge is 0.326 e. The molecule has 2 N–H and O–H groups in total. The predicted octanol–water partition coefficient (Wildman–Crippen LogP) is 5.60. The minimum Gasteiger partial charge on any atom is -0.326 e. The number of benzene rings is 2. The Bertz CT molecular complexity index is 861. The highest BCUT2D eigenvalue weighted by atomic mass is 16.2. The van der Waals surface area contributed by atoms with Gasteiger partial charge >= 0.3 is 0 Å². The van der Waals surface area contributed by atoms with E-state index in [0.717, 1.165) is 0 Å². The first-order valence-corrected chi connectivity index (χ1v) is 8.55. The minimum absolute atomic E-state index is 0.0456. The maximum Gasteiger partial charge on any atom is 0.250 e. The monoisotopic (exact) mass is 364 g/mol. The molecule has 0 bridgehead atoms. The molecule has 0 heterocycles. The molecule has 0 unspecified atom stereocenters. The second-order valence-electron chi connectivity index (χ2n) is 7.23. The molecule has 0 saturated carbocycles. The van der Waals surface area contributed by atoms with Crippen LogP contribution in [0.1, 0.15) is 27.7 Å². The van der Waals surface area contributed by atoms with Crippen molar-refractivity contribution in [1.29, 1.82) is 0 Å². The van der Waals surface area contributed by atoms with Crippen molar-refractivity contribution in [3.05, 3.63) is 60.7 Å². The van der Waals surface area contributed by atoms with E-state index in [2.05, 4.69) is 27.4 Å². The van der Waals surface area contributed by atoms with Gasteiger partial charge < -0.3 is 10.6 Å². The van der Waals surface area contributed by atoms with Crippen molar-refractivity contribution in [3.63, 3.8) is 0 Å². The Morgan fingerprint density at radius 2 is 1.22 bits per heavy atom. The van der Waals surface area contributed by atoms with E-state index < -0.39 is 5.41 Å². The van der Waals surface area contributed by atoms with Gasteiger partial charge in [0.1, 0.15) is 0 Å². The third-order valence-electron chi connectivity index (χ3n) is 3.60. The fraction of sp³-hybridized carbons (Fsp3) is 0.238. The Morgan fingerprint density at radius 1 is 0.815 bits per heavy atom. The summed E-state index contributed by atoms with van der Waals surface area (Å²) < 4.78 is 0. The summed E-state index contributed by atoms with van der Waals surface area (Å²) in [6.45, 7) is 10.8. The molecule has 140 valence electrons. The number of rotatable bonds is 5. The highest BCUT2D eigenvalue weighted by molar-refractivity contribution is 6.02. The van der Waals surface area contributed by atoms with Crippen molar-refractivity contribution < 1.29 is 9.59 Å². The zero-order valence-electron chi connectivity index (χ0n) is 16.0. The molecule has 0 aliphatic heterocycles. The molecule has 6 heteroatoms. The van der Waals surface area contributed by atoms with Crippen molar-refractivity contribution in [3.8, 4) is 0 Å². The summed E-state index contributed by atoms with van der Waals surface area (Å²) in [6, 6.07) is 14.2. The maximum absolute atomic E-state index is 12.0. The van der Waals surface area contributed by atoms with Crippen LogP contribution >= 0.6 is 0 Å². The van der Waals surface area contributed by atoms with Gasteiger partial charge in [-0.1, -0.05) is 27.4 Å². The number of hydrogen-bond acceptors (Lipinski definition) is 4. The SMILES string of the molecule is C=C(C)C(=O)Nc1ccc(/N=N/c2ccc(NC(=O)C(C)(C)C)cc2)cc1. The summed E-state index contributed by atoms with van der Waals surface area (Å²) in [7, 11) is 0. The van der Waals surface area contributed by atoms with E-state index in [1.165, 1.54) is 0 Å². The van der Waals surface area contributed by atoms with E-state index in [0.29, 0.717) is 28.3 Å². The number of amides is 2. The molecule has 0 aliphatic carbocycles. The number of nitrogens with zero attached hydrogens (tertiary/aromatic N) is 2. The van der Waals surface area contributed by atoms with Crippen LogP contribution in [0.4, 0.5) is 22.7 Å². The Kier molecular flexibility index (Phi) is 6.23. The summed E-state index contributed by atoms with van der Waals surface area (Å²) in [5, 5.41) is 13.9. The number of azo groups is 1. The number of nitrogens with one attached hydrogen (secondary N) is 2. The molecule has 0 aromatic heterocycles. The Labute approximate surface area is 159 Å². The van der Waals surface area contributed by atoms with Gasteiger partial charge in [0.15, 0.2) is 0 Å². The van der Waals surface area contributed by atoms with Crippen LogP contribution in [0, 0.1) is 5.41 Å². The van der Waals surface area contributed by atoms with E-state index >= 15 is 0 Å². The Balaban J connectivity index is 1.98. The normalized spacial score (nSPS) is 11.3. The van der Waals surface area contributed by atoms with Crippen molar-refractivity contribution in [2.75, 3.05) is 10.6 Å². The molecule has 2 rings (SSSR count). The first kappa shape index (κ1) is 20.0.